The average molecular weight is 317 g/mol. The largest absolute Gasteiger partial charge is 0.465 e. The second-order valence-electron chi connectivity index (χ2n) is 6.80. The zero-order valence-corrected chi connectivity index (χ0v) is 13.7. The van der Waals surface area contributed by atoms with Crippen LogP contribution in [0.1, 0.15) is 33.2 Å². The first-order valence-corrected chi connectivity index (χ1v) is 7.82. The normalized spacial score (nSPS) is 21.3. The van der Waals surface area contributed by atoms with E-state index in [1.54, 1.807) is 0 Å². The summed E-state index contributed by atoms with van der Waals surface area (Å²) in [6.07, 6.45) is 1.77. The number of amides is 1. The molecular weight excluding hydrogens is 294 g/mol. The average Bonchev–Trinajstić information content (AvgIpc) is 3.02. The summed E-state index contributed by atoms with van der Waals surface area (Å²) in [5.74, 6) is 0. The standard InChI is InChI=1S/C16H23N5O2/c1-10(2)21-8-11-13(19-21)5-4-12(17)14(11)20-7-6-16(3,9-20)18-15(22)23/h4-5,8,10,18H,6-7,9,17H2,1-3H3,(H,22,23)/t16-/m1/s1. The highest BCUT2D eigenvalue weighted by Gasteiger charge is 2.36. The number of carboxylic acid groups (broad SMARTS) is 1. The van der Waals surface area contributed by atoms with Crippen molar-refractivity contribution in [2.24, 2.45) is 0 Å². The summed E-state index contributed by atoms with van der Waals surface area (Å²) in [6.45, 7) is 7.44. The number of fused-ring (bicyclic) bond motifs is 1. The van der Waals surface area contributed by atoms with Crippen LogP contribution in [0.2, 0.25) is 0 Å². The predicted molar refractivity (Wildman–Crippen MR) is 90.9 cm³/mol. The van der Waals surface area contributed by atoms with Gasteiger partial charge in [0.2, 0.25) is 0 Å². The number of hydrogen-bond acceptors (Lipinski definition) is 4. The lowest BCUT2D eigenvalue weighted by Crippen LogP contribution is -2.47. The van der Waals surface area contributed by atoms with Crippen molar-refractivity contribution in [2.45, 2.75) is 38.8 Å². The lowest BCUT2D eigenvalue weighted by atomic mass is 10.0. The van der Waals surface area contributed by atoms with E-state index < -0.39 is 11.6 Å². The van der Waals surface area contributed by atoms with E-state index in [1.165, 1.54) is 0 Å². The van der Waals surface area contributed by atoms with E-state index in [0.29, 0.717) is 12.2 Å². The number of carbonyl (C=O) groups is 1. The summed E-state index contributed by atoms with van der Waals surface area (Å²) >= 11 is 0. The van der Waals surface area contributed by atoms with Crippen LogP contribution in [0.25, 0.3) is 10.9 Å². The Balaban J connectivity index is 1.99. The van der Waals surface area contributed by atoms with Crippen molar-refractivity contribution in [1.82, 2.24) is 15.1 Å². The molecule has 1 atom stereocenters. The molecule has 23 heavy (non-hydrogen) atoms. The summed E-state index contributed by atoms with van der Waals surface area (Å²) < 4.78 is 1.93. The third-order valence-corrected chi connectivity index (χ3v) is 4.44. The van der Waals surface area contributed by atoms with Crippen LogP contribution in [-0.2, 0) is 0 Å². The highest BCUT2D eigenvalue weighted by molar-refractivity contribution is 5.98. The molecule has 2 aromatic rings. The molecule has 0 radical (unpaired) electrons. The van der Waals surface area contributed by atoms with Crippen LogP contribution in [0.15, 0.2) is 18.3 Å². The number of nitrogens with zero attached hydrogens (tertiary/aromatic N) is 3. The first kappa shape index (κ1) is 15.5. The number of nitrogens with two attached hydrogens (primary N) is 1. The summed E-state index contributed by atoms with van der Waals surface area (Å²) in [4.78, 5) is 13.1. The van der Waals surface area contributed by atoms with Gasteiger partial charge in [0.25, 0.3) is 0 Å². The molecule has 7 heteroatoms. The first-order chi connectivity index (χ1) is 10.8. The number of nitrogens with one attached hydrogen (secondary N) is 1. The van der Waals surface area contributed by atoms with Gasteiger partial charge in [-0.2, -0.15) is 5.10 Å². The molecule has 0 bridgehead atoms. The maximum atomic E-state index is 11.0. The van der Waals surface area contributed by atoms with Crippen LogP contribution in [0.4, 0.5) is 16.2 Å². The van der Waals surface area contributed by atoms with Crippen LogP contribution in [0.5, 0.6) is 0 Å². The number of benzene rings is 1. The van der Waals surface area contributed by atoms with E-state index >= 15 is 0 Å². The smallest absolute Gasteiger partial charge is 0.405 e. The molecular formula is C16H23N5O2. The van der Waals surface area contributed by atoms with Gasteiger partial charge in [0.15, 0.2) is 0 Å². The molecule has 1 aromatic carbocycles. The molecule has 3 rings (SSSR count). The number of hydrogen-bond donors (Lipinski definition) is 3. The summed E-state index contributed by atoms with van der Waals surface area (Å²) in [5, 5.41) is 17.2. The zero-order valence-electron chi connectivity index (χ0n) is 13.7. The van der Waals surface area contributed by atoms with E-state index in [4.69, 9.17) is 10.8 Å². The molecule has 0 aliphatic carbocycles. The zero-order chi connectivity index (χ0) is 16.8. The number of aromatic nitrogens is 2. The Morgan fingerprint density at radius 1 is 1.48 bits per heavy atom. The van der Waals surface area contributed by atoms with Gasteiger partial charge in [0, 0.05) is 30.7 Å². The second-order valence-corrected chi connectivity index (χ2v) is 6.80. The van der Waals surface area contributed by atoms with Crippen molar-refractivity contribution in [2.75, 3.05) is 23.7 Å². The van der Waals surface area contributed by atoms with Gasteiger partial charge in [-0.05, 0) is 39.3 Å². The fourth-order valence-corrected chi connectivity index (χ4v) is 3.24. The van der Waals surface area contributed by atoms with Crippen LogP contribution in [0.3, 0.4) is 0 Å². The van der Waals surface area contributed by atoms with Gasteiger partial charge in [0.05, 0.1) is 22.4 Å². The van der Waals surface area contributed by atoms with Gasteiger partial charge in [-0.3, -0.25) is 4.68 Å². The van der Waals surface area contributed by atoms with Gasteiger partial charge in [-0.1, -0.05) is 0 Å². The molecule has 0 saturated carbocycles. The van der Waals surface area contributed by atoms with Gasteiger partial charge in [-0.25, -0.2) is 4.79 Å². The van der Waals surface area contributed by atoms with Crippen LogP contribution in [0, 0.1) is 0 Å². The molecule has 4 N–H and O–H groups in total. The fourth-order valence-electron chi connectivity index (χ4n) is 3.24. The van der Waals surface area contributed by atoms with Gasteiger partial charge in [-0.15, -0.1) is 0 Å². The first-order valence-electron chi connectivity index (χ1n) is 7.82. The summed E-state index contributed by atoms with van der Waals surface area (Å²) in [7, 11) is 0. The lowest BCUT2D eigenvalue weighted by molar-refractivity contribution is 0.182. The maximum Gasteiger partial charge on any atom is 0.405 e. The Morgan fingerprint density at radius 2 is 2.22 bits per heavy atom. The highest BCUT2D eigenvalue weighted by Crippen LogP contribution is 2.37. The van der Waals surface area contributed by atoms with Gasteiger partial charge < -0.3 is 21.1 Å². The van der Waals surface area contributed by atoms with Crippen molar-refractivity contribution < 1.29 is 9.90 Å². The Bertz CT molecular complexity index is 754. The molecule has 0 spiro atoms. The minimum atomic E-state index is -0.992. The maximum absolute atomic E-state index is 11.0. The Hall–Kier alpha value is -2.44. The molecule has 2 heterocycles. The quantitative estimate of drug-likeness (QED) is 0.756. The second kappa shape index (κ2) is 5.33. The van der Waals surface area contributed by atoms with Crippen LogP contribution < -0.4 is 16.0 Å². The van der Waals surface area contributed by atoms with Crippen LogP contribution >= 0.6 is 0 Å². The van der Waals surface area contributed by atoms with Crippen molar-refractivity contribution in [1.29, 1.82) is 0 Å². The van der Waals surface area contributed by atoms with E-state index in [1.807, 2.05) is 29.9 Å². The fraction of sp³-hybridized carbons (Fsp3) is 0.500. The molecule has 1 fully saturated rings. The Kier molecular flexibility index (Phi) is 3.58. The molecule has 1 saturated heterocycles. The molecule has 0 unspecified atom stereocenters. The van der Waals surface area contributed by atoms with Crippen molar-refractivity contribution in [3.05, 3.63) is 18.3 Å². The van der Waals surface area contributed by atoms with Crippen molar-refractivity contribution >= 4 is 28.4 Å². The number of nitrogen functional groups attached to an aromatic ring is 1. The number of rotatable bonds is 3. The molecule has 1 aliphatic heterocycles. The van der Waals surface area contributed by atoms with Gasteiger partial charge >= 0.3 is 6.09 Å². The third kappa shape index (κ3) is 2.78. The van der Waals surface area contributed by atoms with E-state index in [0.717, 1.165) is 29.6 Å². The third-order valence-electron chi connectivity index (χ3n) is 4.44. The Labute approximate surface area is 135 Å². The van der Waals surface area contributed by atoms with Gasteiger partial charge in [0.1, 0.15) is 0 Å². The molecule has 1 amide bonds. The number of anilines is 2. The van der Waals surface area contributed by atoms with Crippen molar-refractivity contribution in [3.63, 3.8) is 0 Å². The molecule has 1 aromatic heterocycles. The monoisotopic (exact) mass is 317 g/mol. The van der Waals surface area contributed by atoms with Crippen LogP contribution in [-0.4, -0.2) is 39.6 Å². The summed E-state index contributed by atoms with van der Waals surface area (Å²) in [6, 6.07) is 4.07. The van der Waals surface area contributed by atoms with E-state index in [9.17, 15) is 4.79 Å². The minimum absolute atomic E-state index is 0.272. The summed E-state index contributed by atoms with van der Waals surface area (Å²) in [5.41, 5.74) is 8.31. The lowest BCUT2D eigenvalue weighted by Gasteiger charge is -2.26. The highest BCUT2D eigenvalue weighted by atomic mass is 16.4. The predicted octanol–water partition coefficient (Wildman–Crippen LogP) is 2.44. The molecule has 124 valence electrons. The SMILES string of the molecule is CC(C)n1cc2c(N3CC[C@@](C)(NC(=O)O)C3)c(N)ccc2n1. The van der Waals surface area contributed by atoms with Crippen molar-refractivity contribution in [3.8, 4) is 0 Å². The Morgan fingerprint density at radius 3 is 2.87 bits per heavy atom. The van der Waals surface area contributed by atoms with E-state index in [-0.39, 0.29) is 6.04 Å². The topological polar surface area (TPSA) is 96.4 Å². The minimum Gasteiger partial charge on any atom is -0.465 e. The molecule has 1 aliphatic rings. The van der Waals surface area contributed by atoms with E-state index in [2.05, 4.69) is 29.2 Å². The molecule has 7 nitrogen and oxygen atoms in total.